The summed E-state index contributed by atoms with van der Waals surface area (Å²) in [5.41, 5.74) is 0.988. The van der Waals surface area contributed by atoms with E-state index in [0.717, 1.165) is 18.4 Å². The van der Waals surface area contributed by atoms with Gasteiger partial charge in [-0.1, -0.05) is 26.8 Å². The van der Waals surface area contributed by atoms with Gasteiger partial charge < -0.3 is 0 Å². The molecule has 1 heteroatoms. The zero-order chi connectivity index (χ0) is 8.85. The topological polar surface area (TPSA) is 17.1 Å². The molecular weight excluding hydrogens is 136 g/mol. The van der Waals surface area contributed by atoms with E-state index < -0.39 is 0 Å². The Balaban J connectivity index is 4.12. The van der Waals surface area contributed by atoms with Crippen LogP contribution in [0.2, 0.25) is 0 Å². The van der Waals surface area contributed by atoms with Gasteiger partial charge in [0.15, 0.2) is 5.78 Å². The van der Waals surface area contributed by atoms with Crippen molar-refractivity contribution in [2.75, 3.05) is 0 Å². The van der Waals surface area contributed by atoms with Crippen molar-refractivity contribution in [3.63, 3.8) is 0 Å². The Morgan fingerprint density at radius 1 is 1.45 bits per heavy atom. The number of allylic oxidation sites excluding steroid dienone is 2. The first-order chi connectivity index (χ1) is 5.07. The molecule has 0 N–H and O–H groups in total. The van der Waals surface area contributed by atoms with Gasteiger partial charge in [0.2, 0.25) is 0 Å². The van der Waals surface area contributed by atoms with Crippen molar-refractivity contribution in [2.24, 2.45) is 5.92 Å². The molecule has 0 bridgehead atoms. The van der Waals surface area contributed by atoms with E-state index in [2.05, 4.69) is 20.8 Å². The lowest BCUT2D eigenvalue weighted by Crippen LogP contribution is -2.00. The van der Waals surface area contributed by atoms with Crippen LogP contribution in [0.5, 0.6) is 0 Å². The normalized spacial score (nSPS) is 12.3. The highest BCUT2D eigenvalue weighted by atomic mass is 16.1. The minimum absolute atomic E-state index is 0.223. The van der Waals surface area contributed by atoms with E-state index in [-0.39, 0.29) is 5.78 Å². The predicted molar refractivity (Wildman–Crippen MR) is 48.5 cm³/mol. The summed E-state index contributed by atoms with van der Waals surface area (Å²) >= 11 is 0. The Labute approximate surface area is 69.5 Å². The lowest BCUT2D eigenvalue weighted by Gasteiger charge is -2.05. The third-order valence-corrected chi connectivity index (χ3v) is 1.53. The van der Waals surface area contributed by atoms with Crippen molar-refractivity contribution in [1.29, 1.82) is 0 Å². The quantitative estimate of drug-likeness (QED) is 0.569. The van der Waals surface area contributed by atoms with Crippen LogP contribution in [-0.4, -0.2) is 5.78 Å². The van der Waals surface area contributed by atoms with E-state index in [9.17, 15) is 4.79 Å². The minimum Gasteiger partial charge on any atom is -0.295 e. The number of ketones is 1. The maximum absolute atomic E-state index is 11.0. The van der Waals surface area contributed by atoms with Crippen LogP contribution in [0, 0.1) is 5.92 Å². The molecule has 0 amide bonds. The van der Waals surface area contributed by atoms with Crippen LogP contribution < -0.4 is 0 Å². The first-order valence-corrected chi connectivity index (χ1v) is 4.27. The number of hydrogen-bond acceptors (Lipinski definition) is 1. The fourth-order valence-electron chi connectivity index (χ4n) is 1.06. The van der Waals surface area contributed by atoms with Crippen LogP contribution in [0.3, 0.4) is 0 Å². The summed E-state index contributed by atoms with van der Waals surface area (Å²) in [6.45, 7) is 7.96. The van der Waals surface area contributed by atoms with Gasteiger partial charge in [-0.15, -0.1) is 0 Å². The lowest BCUT2D eigenvalue weighted by atomic mass is 9.99. The summed E-state index contributed by atoms with van der Waals surface area (Å²) in [6, 6.07) is 0. The van der Waals surface area contributed by atoms with Crippen molar-refractivity contribution >= 4 is 5.78 Å². The van der Waals surface area contributed by atoms with Crippen molar-refractivity contribution < 1.29 is 4.79 Å². The monoisotopic (exact) mass is 154 g/mol. The molecular formula is C10H18O. The third kappa shape index (κ3) is 4.77. The Kier molecular flexibility index (Phi) is 4.84. The molecule has 0 spiro atoms. The van der Waals surface area contributed by atoms with Gasteiger partial charge in [-0.2, -0.15) is 0 Å². The summed E-state index contributed by atoms with van der Waals surface area (Å²) < 4.78 is 0. The standard InChI is InChI=1S/C10H18O/c1-5-6-10(9(4)11)7-8(2)3/h6,8H,5,7H2,1-4H3/b10-6+. The summed E-state index contributed by atoms with van der Waals surface area (Å²) in [4.78, 5) is 11.0. The molecule has 0 unspecified atom stereocenters. The van der Waals surface area contributed by atoms with Crippen LogP contribution in [0.4, 0.5) is 0 Å². The maximum Gasteiger partial charge on any atom is 0.155 e. The van der Waals surface area contributed by atoms with Crippen molar-refractivity contribution in [3.8, 4) is 0 Å². The van der Waals surface area contributed by atoms with Gasteiger partial charge in [-0.05, 0) is 31.3 Å². The molecule has 0 radical (unpaired) electrons. The zero-order valence-corrected chi connectivity index (χ0v) is 7.98. The van der Waals surface area contributed by atoms with Crippen molar-refractivity contribution in [1.82, 2.24) is 0 Å². The predicted octanol–water partition coefficient (Wildman–Crippen LogP) is 2.96. The molecule has 0 heterocycles. The highest BCUT2D eigenvalue weighted by Crippen LogP contribution is 2.11. The molecule has 0 aliphatic rings. The van der Waals surface area contributed by atoms with Gasteiger partial charge in [0.05, 0.1) is 0 Å². The van der Waals surface area contributed by atoms with E-state index >= 15 is 0 Å². The second-order valence-corrected chi connectivity index (χ2v) is 3.29. The fraction of sp³-hybridized carbons (Fsp3) is 0.700. The Bertz CT molecular complexity index is 154. The van der Waals surface area contributed by atoms with Gasteiger partial charge in [-0.25, -0.2) is 0 Å². The van der Waals surface area contributed by atoms with E-state index in [1.165, 1.54) is 0 Å². The third-order valence-electron chi connectivity index (χ3n) is 1.53. The highest BCUT2D eigenvalue weighted by molar-refractivity contribution is 5.93. The Morgan fingerprint density at radius 2 is 2.00 bits per heavy atom. The summed E-state index contributed by atoms with van der Waals surface area (Å²) in [5.74, 6) is 0.803. The summed E-state index contributed by atoms with van der Waals surface area (Å²) in [6.07, 6.45) is 3.91. The average Bonchev–Trinajstić information content (AvgIpc) is 1.86. The minimum atomic E-state index is 0.223. The van der Waals surface area contributed by atoms with Crippen molar-refractivity contribution in [3.05, 3.63) is 11.6 Å². The van der Waals surface area contributed by atoms with Gasteiger partial charge in [0, 0.05) is 0 Å². The van der Waals surface area contributed by atoms with Crippen LogP contribution in [0.15, 0.2) is 11.6 Å². The van der Waals surface area contributed by atoms with E-state index in [1.54, 1.807) is 6.92 Å². The molecule has 1 nitrogen and oxygen atoms in total. The summed E-state index contributed by atoms with van der Waals surface area (Å²) in [7, 11) is 0. The molecule has 0 aliphatic heterocycles. The van der Waals surface area contributed by atoms with E-state index in [1.807, 2.05) is 6.08 Å². The van der Waals surface area contributed by atoms with Crippen LogP contribution in [-0.2, 0) is 4.79 Å². The first kappa shape index (κ1) is 10.4. The lowest BCUT2D eigenvalue weighted by molar-refractivity contribution is -0.113. The molecule has 0 saturated carbocycles. The number of Topliss-reactive ketones (excluding diaryl/α,β-unsaturated/α-hetero) is 1. The molecule has 0 saturated heterocycles. The smallest absolute Gasteiger partial charge is 0.155 e. The molecule has 0 aromatic heterocycles. The van der Waals surface area contributed by atoms with E-state index in [4.69, 9.17) is 0 Å². The Hall–Kier alpha value is -0.590. The van der Waals surface area contributed by atoms with Gasteiger partial charge >= 0.3 is 0 Å². The second kappa shape index (κ2) is 5.11. The number of carbonyl (C=O) groups is 1. The molecule has 0 aromatic carbocycles. The molecule has 0 rings (SSSR count). The molecule has 0 aliphatic carbocycles. The number of hydrogen-bond donors (Lipinski definition) is 0. The van der Waals surface area contributed by atoms with Crippen LogP contribution in [0.25, 0.3) is 0 Å². The largest absolute Gasteiger partial charge is 0.295 e. The molecule has 0 aromatic rings. The second-order valence-electron chi connectivity index (χ2n) is 3.29. The van der Waals surface area contributed by atoms with Crippen LogP contribution >= 0.6 is 0 Å². The molecule has 0 fully saturated rings. The number of carbonyl (C=O) groups excluding carboxylic acids is 1. The SMILES string of the molecule is CC/C=C(\CC(C)C)C(C)=O. The summed E-state index contributed by atoms with van der Waals surface area (Å²) in [5, 5.41) is 0. The molecule has 0 atom stereocenters. The van der Waals surface area contributed by atoms with Gasteiger partial charge in [0.1, 0.15) is 0 Å². The first-order valence-electron chi connectivity index (χ1n) is 4.27. The average molecular weight is 154 g/mol. The molecule has 64 valence electrons. The maximum atomic E-state index is 11.0. The highest BCUT2D eigenvalue weighted by Gasteiger charge is 2.04. The van der Waals surface area contributed by atoms with Gasteiger partial charge in [-0.3, -0.25) is 4.79 Å². The fourth-order valence-corrected chi connectivity index (χ4v) is 1.06. The van der Waals surface area contributed by atoms with Crippen LogP contribution in [0.1, 0.15) is 40.5 Å². The zero-order valence-electron chi connectivity index (χ0n) is 7.98. The van der Waals surface area contributed by atoms with Gasteiger partial charge in [0.25, 0.3) is 0 Å². The number of rotatable bonds is 4. The Morgan fingerprint density at radius 3 is 2.27 bits per heavy atom. The van der Waals surface area contributed by atoms with E-state index in [0.29, 0.717) is 5.92 Å². The van der Waals surface area contributed by atoms with Crippen molar-refractivity contribution in [2.45, 2.75) is 40.5 Å². The molecule has 11 heavy (non-hydrogen) atoms.